The van der Waals surface area contributed by atoms with Crippen LogP contribution in [0.15, 0.2) is 30.3 Å². The fraction of sp³-hybridized carbons (Fsp3) is 0.611. The highest BCUT2D eigenvalue weighted by Gasteiger charge is 2.29. The Kier molecular flexibility index (Phi) is 6.25. The number of nitrogens with zero attached hydrogens (tertiary/aromatic N) is 2. The van der Waals surface area contributed by atoms with Crippen molar-refractivity contribution in [1.82, 2.24) is 9.80 Å². The van der Waals surface area contributed by atoms with Crippen molar-refractivity contribution in [2.45, 2.75) is 45.2 Å². The first-order valence-electron chi connectivity index (χ1n) is 8.25. The number of para-hydroxylation sites is 1. The molecule has 2 rings (SSSR count). The third kappa shape index (κ3) is 4.73. The van der Waals surface area contributed by atoms with Crippen LogP contribution in [0.2, 0.25) is 0 Å². The second-order valence-electron chi connectivity index (χ2n) is 6.33. The zero-order valence-corrected chi connectivity index (χ0v) is 14.0. The van der Waals surface area contributed by atoms with Crippen molar-refractivity contribution >= 4 is 5.91 Å². The number of hydrogen-bond acceptors (Lipinski definition) is 3. The van der Waals surface area contributed by atoms with Crippen LogP contribution in [-0.2, 0) is 4.79 Å². The maximum atomic E-state index is 12.5. The molecule has 1 heterocycles. The molecule has 0 radical (unpaired) electrons. The normalized spacial score (nSPS) is 21.9. The van der Waals surface area contributed by atoms with E-state index in [4.69, 9.17) is 4.74 Å². The number of carbonyl (C=O) groups excluding carboxylic acids is 1. The Hall–Kier alpha value is -1.55. The lowest BCUT2D eigenvalue weighted by molar-refractivity contribution is -0.138. The van der Waals surface area contributed by atoms with Gasteiger partial charge in [0.15, 0.2) is 0 Å². The molecule has 0 aliphatic carbocycles. The molecule has 0 aromatic heterocycles. The van der Waals surface area contributed by atoms with E-state index in [-0.39, 0.29) is 5.91 Å². The van der Waals surface area contributed by atoms with Crippen LogP contribution in [0.5, 0.6) is 5.75 Å². The van der Waals surface area contributed by atoms with Crippen LogP contribution in [-0.4, -0.2) is 54.5 Å². The van der Waals surface area contributed by atoms with Gasteiger partial charge in [-0.1, -0.05) is 18.2 Å². The lowest BCUT2D eigenvalue weighted by Gasteiger charge is -2.39. The highest BCUT2D eigenvalue weighted by atomic mass is 16.5. The SMILES string of the molecule is CC1CCCC(C)N1C(=O)CN(C)CCOc1ccccc1. The first kappa shape index (κ1) is 16.8. The summed E-state index contributed by atoms with van der Waals surface area (Å²) in [5.74, 6) is 1.11. The first-order chi connectivity index (χ1) is 10.6. The molecule has 1 amide bonds. The van der Waals surface area contributed by atoms with Gasteiger partial charge in [0.2, 0.25) is 5.91 Å². The van der Waals surface area contributed by atoms with E-state index in [1.54, 1.807) is 0 Å². The van der Waals surface area contributed by atoms with Crippen LogP contribution in [0, 0.1) is 0 Å². The van der Waals surface area contributed by atoms with E-state index in [2.05, 4.69) is 18.7 Å². The Morgan fingerprint density at radius 3 is 2.50 bits per heavy atom. The molecule has 0 spiro atoms. The number of likely N-dealkylation sites (N-methyl/N-ethyl adjacent to an activating group) is 1. The molecule has 2 atom stereocenters. The third-order valence-corrected chi connectivity index (χ3v) is 4.37. The average molecular weight is 304 g/mol. The molecule has 1 aromatic carbocycles. The number of piperidine rings is 1. The van der Waals surface area contributed by atoms with Crippen molar-refractivity contribution in [2.75, 3.05) is 26.7 Å². The molecule has 0 bridgehead atoms. The molecular weight excluding hydrogens is 276 g/mol. The van der Waals surface area contributed by atoms with Gasteiger partial charge < -0.3 is 9.64 Å². The van der Waals surface area contributed by atoms with E-state index in [0.717, 1.165) is 25.1 Å². The van der Waals surface area contributed by atoms with Crippen molar-refractivity contribution in [1.29, 1.82) is 0 Å². The van der Waals surface area contributed by atoms with Crippen LogP contribution in [0.25, 0.3) is 0 Å². The Labute approximate surface area is 134 Å². The van der Waals surface area contributed by atoms with Crippen molar-refractivity contribution in [3.05, 3.63) is 30.3 Å². The minimum Gasteiger partial charge on any atom is -0.492 e. The minimum atomic E-state index is 0.238. The van der Waals surface area contributed by atoms with Gasteiger partial charge in [-0.2, -0.15) is 0 Å². The topological polar surface area (TPSA) is 32.8 Å². The van der Waals surface area contributed by atoms with E-state index >= 15 is 0 Å². The maximum Gasteiger partial charge on any atom is 0.237 e. The molecule has 1 aromatic rings. The number of carbonyl (C=O) groups is 1. The summed E-state index contributed by atoms with van der Waals surface area (Å²) in [5, 5.41) is 0. The number of likely N-dealkylation sites (tertiary alicyclic amines) is 1. The van der Waals surface area contributed by atoms with E-state index in [1.165, 1.54) is 6.42 Å². The van der Waals surface area contributed by atoms with E-state index in [1.807, 2.05) is 42.3 Å². The summed E-state index contributed by atoms with van der Waals surface area (Å²) in [6.45, 7) is 6.13. The molecule has 0 saturated carbocycles. The molecule has 1 saturated heterocycles. The Balaban J connectivity index is 1.74. The number of amides is 1. The fourth-order valence-electron chi connectivity index (χ4n) is 3.14. The molecule has 2 unspecified atom stereocenters. The Morgan fingerprint density at radius 1 is 1.23 bits per heavy atom. The zero-order valence-electron chi connectivity index (χ0n) is 14.0. The lowest BCUT2D eigenvalue weighted by atomic mass is 9.97. The van der Waals surface area contributed by atoms with Gasteiger partial charge >= 0.3 is 0 Å². The maximum absolute atomic E-state index is 12.5. The minimum absolute atomic E-state index is 0.238. The van der Waals surface area contributed by atoms with E-state index in [0.29, 0.717) is 25.2 Å². The van der Waals surface area contributed by atoms with Crippen molar-refractivity contribution < 1.29 is 9.53 Å². The number of benzene rings is 1. The highest BCUT2D eigenvalue weighted by molar-refractivity contribution is 5.79. The largest absolute Gasteiger partial charge is 0.492 e. The second-order valence-corrected chi connectivity index (χ2v) is 6.33. The smallest absolute Gasteiger partial charge is 0.237 e. The fourth-order valence-corrected chi connectivity index (χ4v) is 3.14. The third-order valence-electron chi connectivity index (χ3n) is 4.37. The quantitative estimate of drug-likeness (QED) is 0.810. The van der Waals surface area contributed by atoms with Crippen molar-refractivity contribution in [3.63, 3.8) is 0 Å². The molecule has 122 valence electrons. The van der Waals surface area contributed by atoms with Gasteiger partial charge in [-0.3, -0.25) is 9.69 Å². The Bertz CT molecular complexity index is 453. The summed E-state index contributed by atoms with van der Waals surface area (Å²) in [5.41, 5.74) is 0. The second kappa shape index (κ2) is 8.18. The molecule has 4 heteroatoms. The highest BCUT2D eigenvalue weighted by Crippen LogP contribution is 2.22. The van der Waals surface area contributed by atoms with Crippen LogP contribution in [0.4, 0.5) is 0 Å². The monoisotopic (exact) mass is 304 g/mol. The van der Waals surface area contributed by atoms with Gasteiger partial charge in [0.1, 0.15) is 12.4 Å². The standard InChI is InChI=1S/C18H28N2O2/c1-15-8-7-9-16(2)20(15)18(21)14-19(3)12-13-22-17-10-5-4-6-11-17/h4-6,10-11,15-16H,7-9,12-14H2,1-3H3. The van der Waals surface area contributed by atoms with E-state index in [9.17, 15) is 4.79 Å². The lowest BCUT2D eigenvalue weighted by Crippen LogP contribution is -2.50. The summed E-state index contributed by atoms with van der Waals surface area (Å²) in [7, 11) is 1.98. The Morgan fingerprint density at radius 2 is 1.86 bits per heavy atom. The first-order valence-corrected chi connectivity index (χ1v) is 8.25. The van der Waals surface area contributed by atoms with Gasteiger partial charge in [0.05, 0.1) is 6.54 Å². The van der Waals surface area contributed by atoms with Gasteiger partial charge in [-0.05, 0) is 52.3 Å². The predicted octanol–water partition coefficient (Wildman–Crippen LogP) is 2.79. The van der Waals surface area contributed by atoms with Gasteiger partial charge in [0, 0.05) is 18.6 Å². The molecule has 1 aliphatic heterocycles. The molecule has 1 fully saturated rings. The van der Waals surface area contributed by atoms with Crippen LogP contribution < -0.4 is 4.74 Å². The summed E-state index contributed by atoms with van der Waals surface area (Å²) in [6.07, 6.45) is 3.47. The average Bonchev–Trinajstić information content (AvgIpc) is 2.48. The van der Waals surface area contributed by atoms with Crippen molar-refractivity contribution in [3.8, 4) is 5.75 Å². The summed E-state index contributed by atoms with van der Waals surface area (Å²) in [6, 6.07) is 10.5. The van der Waals surface area contributed by atoms with Crippen LogP contribution >= 0.6 is 0 Å². The van der Waals surface area contributed by atoms with Crippen molar-refractivity contribution in [2.24, 2.45) is 0 Å². The molecule has 1 aliphatic rings. The number of ether oxygens (including phenoxy) is 1. The zero-order chi connectivity index (χ0) is 15.9. The number of hydrogen-bond donors (Lipinski definition) is 0. The summed E-state index contributed by atoms with van der Waals surface area (Å²) >= 11 is 0. The summed E-state index contributed by atoms with van der Waals surface area (Å²) in [4.78, 5) is 16.6. The summed E-state index contributed by atoms with van der Waals surface area (Å²) < 4.78 is 5.68. The molecule has 4 nitrogen and oxygen atoms in total. The molecule has 22 heavy (non-hydrogen) atoms. The van der Waals surface area contributed by atoms with Gasteiger partial charge in [0.25, 0.3) is 0 Å². The van der Waals surface area contributed by atoms with Crippen LogP contribution in [0.1, 0.15) is 33.1 Å². The number of rotatable bonds is 6. The molecular formula is C18H28N2O2. The van der Waals surface area contributed by atoms with Crippen LogP contribution in [0.3, 0.4) is 0 Å². The van der Waals surface area contributed by atoms with E-state index < -0.39 is 0 Å². The van der Waals surface area contributed by atoms with Gasteiger partial charge in [-0.25, -0.2) is 0 Å². The molecule has 0 N–H and O–H groups in total. The van der Waals surface area contributed by atoms with Gasteiger partial charge in [-0.15, -0.1) is 0 Å². The predicted molar refractivity (Wildman–Crippen MR) is 89.1 cm³/mol.